The SMILES string of the molecule is CC1CN(C(=O)c2ccc(Cl)cc2N)CCN1C. The van der Waals surface area contributed by atoms with Gasteiger partial charge in [-0.3, -0.25) is 4.79 Å². The van der Waals surface area contributed by atoms with Gasteiger partial charge in [0.1, 0.15) is 0 Å². The van der Waals surface area contributed by atoms with Gasteiger partial charge in [0.05, 0.1) is 5.56 Å². The summed E-state index contributed by atoms with van der Waals surface area (Å²) in [6, 6.07) is 5.39. The van der Waals surface area contributed by atoms with Crippen molar-refractivity contribution in [3.8, 4) is 0 Å². The third kappa shape index (κ3) is 2.60. The highest BCUT2D eigenvalue weighted by molar-refractivity contribution is 6.31. The molecule has 1 aromatic rings. The van der Waals surface area contributed by atoms with Crippen LogP contribution in [0.25, 0.3) is 0 Å². The molecule has 0 radical (unpaired) electrons. The van der Waals surface area contributed by atoms with E-state index in [1.807, 2.05) is 4.90 Å². The van der Waals surface area contributed by atoms with Crippen LogP contribution in [0.5, 0.6) is 0 Å². The Kier molecular flexibility index (Phi) is 3.78. The van der Waals surface area contributed by atoms with E-state index in [2.05, 4.69) is 18.9 Å². The van der Waals surface area contributed by atoms with Crippen LogP contribution in [0.4, 0.5) is 5.69 Å². The molecule has 1 saturated heterocycles. The minimum absolute atomic E-state index is 0.0101. The molecule has 0 spiro atoms. The number of carbonyl (C=O) groups is 1. The lowest BCUT2D eigenvalue weighted by Crippen LogP contribution is -2.52. The Labute approximate surface area is 112 Å². The van der Waals surface area contributed by atoms with Crippen LogP contribution in [0.15, 0.2) is 18.2 Å². The van der Waals surface area contributed by atoms with Gasteiger partial charge in [0.2, 0.25) is 0 Å². The lowest BCUT2D eigenvalue weighted by molar-refractivity contribution is 0.0573. The summed E-state index contributed by atoms with van der Waals surface area (Å²) in [5.41, 5.74) is 6.83. The number of benzene rings is 1. The predicted octanol–water partition coefficient (Wildman–Crippen LogP) is 1.70. The van der Waals surface area contributed by atoms with Crippen molar-refractivity contribution in [2.45, 2.75) is 13.0 Å². The van der Waals surface area contributed by atoms with Crippen LogP contribution in [0.2, 0.25) is 5.02 Å². The molecule has 1 heterocycles. The fourth-order valence-electron chi connectivity index (χ4n) is 2.13. The number of carbonyl (C=O) groups excluding carboxylic acids is 1. The highest BCUT2D eigenvalue weighted by Gasteiger charge is 2.25. The first-order valence-electron chi connectivity index (χ1n) is 6.03. The molecule has 4 nitrogen and oxygen atoms in total. The van der Waals surface area contributed by atoms with Gasteiger partial charge in [-0.05, 0) is 32.2 Å². The first-order valence-corrected chi connectivity index (χ1v) is 6.41. The molecule has 5 heteroatoms. The van der Waals surface area contributed by atoms with Crippen LogP contribution < -0.4 is 5.73 Å². The summed E-state index contributed by atoms with van der Waals surface area (Å²) in [7, 11) is 2.07. The first-order chi connectivity index (χ1) is 8.49. The van der Waals surface area contributed by atoms with Crippen molar-refractivity contribution in [3.63, 3.8) is 0 Å². The summed E-state index contributed by atoms with van der Waals surface area (Å²) in [6.45, 7) is 4.48. The van der Waals surface area contributed by atoms with Crippen LogP contribution >= 0.6 is 11.6 Å². The van der Waals surface area contributed by atoms with Crippen molar-refractivity contribution in [3.05, 3.63) is 28.8 Å². The molecule has 0 saturated carbocycles. The molecule has 2 N–H and O–H groups in total. The number of nitrogens with two attached hydrogens (primary N) is 1. The molecule has 1 atom stereocenters. The Bertz CT molecular complexity index is 464. The van der Waals surface area contributed by atoms with Gasteiger partial charge in [0, 0.05) is 36.4 Å². The third-order valence-corrected chi connectivity index (χ3v) is 3.73. The fourth-order valence-corrected chi connectivity index (χ4v) is 2.31. The minimum Gasteiger partial charge on any atom is -0.398 e. The van der Waals surface area contributed by atoms with Gasteiger partial charge in [-0.2, -0.15) is 0 Å². The van der Waals surface area contributed by atoms with E-state index >= 15 is 0 Å². The molecular weight excluding hydrogens is 250 g/mol. The molecule has 1 amide bonds. The zero-order chi connectivity index (χ0) is 13.3. The molecule has 1 fully saturated rings. The number of hydrogen-bond acceptors (Lipinski definition) is 3. The van der Waals surface area contributed by atoms with Crippen LogP contribution in [-0.4, -0.2) is 48.4 Å². The average Bonchev–Trinajstić information content (AvgIpc) is 2.32. The largest absolute Gasteiger partial charge is 0.398 e. The number of anilines is 1. The summed E-state index contributed by atoms with van der Waals surface area (Å²) >= 11 is 5.84. The van der Waals surface area contributed by atoms with Gasteiger partial charge in [-0.25, -0.2) is 0 Å². The number of rotatable bonds is 1. The summed E-state index contributed by atoms with van der Waals surface area (Å²) in [4.78, 5) is 16.5. The Morgan fingerprint density at radius 2 is 2.17 bits per heavy atom. The zero-order valence-corrected chi connectivity index (χ0v) is 11.4. The Morgan fingerprint density at radius 1 is 1.44 bits per heavy atom. The average molecular weight is 268 g/mol. The van der Waals surface area contributed by atoms with Crippen molar-refractivity contribution < 1.29 is 4.79 Å². The Hall–Kier alpha value is -1.26. The number of nitrogen functional groups attached to an aromatic ring is 1. The second kappa shape index (κ2) is 5.16. The number of amides is 1. The molecular formula is C13H18ClN3O. The molecule has 1 unspecified atom stereocenters. The highest BCUT2D eigenvalue weighted by Crippen LogP contribution is 2.20. The molecule has 1 aliphatic heterocycles. The normalized spacial score (nSPS) is 21.1. The highest BCUT2D eigenvalue weighted by atomic mass is 35.5. The van der Waals surface area contributed by atoms with Crippen molar-refractivity contribution >= 4 is 23.2 Å². The van der Waals surface area contributed by atoms with Gasteiger partial charge < -0.3 is 15.5 Å². The Balaban J connectivity index is 2.16. The van der Waals surface area contributed by atoms with Crippen molar-refractivity contribution in [2.75, 3.05) is 32.4 Å². The summed E-state index contributed by atoms with van der Waals surface area (Å²) in [5, 5.41) is 0.552. The third-order valence-electron chi connectivity index (χ3n) is 3.49. The van der Waals surface area contributed by atoms with Crippen LogP contribution in [-0.2, 0) is 0 Å². The van der Waals surface area contributed by atoms with Crippen molar-refractivity contribution in [1.82, 2.24) is 9.80 Å². The standard InChI is InChI=1S/C13H18ClN3O/c1-9-8-17(6-5-16(9)2)13(18)11-4-3-10(14)7-12(11)15/h3-4,7,9H,5-6,8,15H2,1-2H3. The number of piperazine rings is 1. The topological polar surface area (TPSA) is 49.6 Å². The number of nitrogens with zero attached hydrogens (tertiary/aromatic N) is 2. The molecule has 0 aliphatic carbocycles. The van der Waals surface area contributed by atoms with Gasteiger partial charge in [0.15, 0.2) is 0 Å². The van der Waals surface area contributed by atoms with E-state index in [9.17, 15) is 4.79 Å². The lowest BCUT2D eigenvalue weighted by atomic mass is 10.1. The van der Waals surface area contributed by atoms with E-state index in [0.29, 0.717) is 22.3 Å². The molecule has 1 aliphatic rings. The summed E-state index contributed by atoms with van der Waals surface area (Å²) in [5.74, 6) is -0.0101. The van der Waals surface area contributed by atoms with E-state index in [1.54, 1.807) is 18.2 Å². The lowest BCUT2D eigenvalue weighted by Gasteiger charge is -2.37. The van der Waals surface area contributed by atoms with Crippen molar-refractivity contribution in [1.29, 1.82) is 0 Å². The van der Waals surface area contributed by atoms with Crippen LogP contribution in [0.1, 0.15) is 17.3 Å². The van der Waals surface area contributed by atoms with E-state index < -0.39 is 0 Å². The maximum atomic E-state index is 12.4. The summed E-state index contributed by atoms with van der Waals surface area (Å²) < 4.78 is 0. The van der Waals surface area contributed by atoms with E-state index in [0.717, 1.165) is 19.6 Å². The molecule has 18 heavy (non-hydrogen) atoms. The quantitative estimate of drug-likeness (QED) is 0.788. The maximum absolute atomic E-state index is 12.4. The predicted molar refractivity (Wildman–Crippen MR) is 73.9 cm³/mol. The molecule has 0 bridgehead atoms. The molecule has 2 rings (SSSR count). The molecule has 0 aromatic heterocycles. The fraction of sp³-hybridized carbons (Fsp3) is 0.462. The second-order valence-corrected chi connectivity index (χ2v) is 5.25. The molecule has 1 aromatic carbocycles. The number of likely N-dealkylation sites (N-methyl/N-ethyl adjacent to an activating group) is 1. The monoisotopic (exact) mass is 267 g/mol. The van der Waals surface area contributed by atoms with Crippen LogP contribution in [0, 0.1) is 0 Å². The van der Waals surface area contributed by atoms with Gasteiger partial charge in [-0.1, -0.05) is 11.6 Å². The minimum atomic E-state index is -0.0101. The van der Waals surface area contributed by atoms with E-state index in [-0.39, 0.29) is 5.91 Å². The van der Waals surface area contributed by atoms with Crippen molar-refractivity contribution in [2.24, 2.45) is 0 Å². The number of halogens is 1. The smallest absolute Gasteiger partial charge is 0.256 e. The number of hydrogen-bond donors (Lipinski definition) is 1. The van der Waals surface area contributed by atoms with Gasteiger partial charge in [0.25, 0.3) is 5.91 Å². The Morgan fingerprint density at radius 3 is 2.78 bits per heavy atom. The zero-order valence-electron chi connectivity index (χ0n) is 10.7. The maximum Gasteiger partial charge on any atom is 0.256 e. The van der Waals surface area contributed by atoms with Gasteiger partial charge in [-0.15, -0.1) is 0 Å². The molecule has 98 valence electrons. The summed E-state index contributed by atoms with van der Waals surface area (Å²) in [6.07, 6.45) is 0. The first kappa shape index (κ1) is 13.2. The van der Waals surface area contributed by atoms with E-state index in [4.69, 9.17) is 17.3 Å². The van der Waals surface area contributed by atoms with Gasteiger partial charge >= 0.3 is 0 Å². The second-order valence-electron chi connectivity index (χ2n) is 4.81. The van der Waals surface area contributed by atoms with E-state index in [1.165, 1.54) is 0 Å². The van der Waals surface area contributed by atoms with Crippen LogP contribution in [0.3, 0.4) is 0 Å².